The Kier molecular flexibility index (Phi) is 5.95. The van der Waals surface area contributed by atoms with Crippen molar-refractivity contribution in [2.75, 3.05) is 19.8 Å². The summed E-state index contributed by atoms with van der Waals surface area (Å²) >= 11 is 0. The van der Waals surface area contributed by atoms with E-state index in [1.165, 1.54) is 11.1 Å². The van der Waals surface area contributed by atoms with Crippen molar-refractivity contribution in [2.24, 2.45) is 0 Å². The predicted octanol–water partition coefficient (Wildman–Crippen LogP) is 2.50. The minimum Gasteiger partial charge on any atom is -0.390 e. The largest absolute Gasteiger partial charge is 0.390 e. The molecule has 3 heterocycles. The Morgan fingerprint density at radius 3 is 2.81 bits per heavy atom. The Hall–Kier alpha value is -2.74. The van der Waals surface area contributed by atoms with Gasteiger partial charge in [-0.3, -0.25) is 4.79 Å². The van der Waals surface area contributed by atoms with Crippen molar-refractivity contribution in [2.45, 2.75) is 50.9 Å². The molecule has 1 saturated heterocycles. The highest BCUT2D eigenvalue weighted by atomic mass is 16.5. The van der Waals surface area contributed by atoms with Gasteiger partial charge in [0.15, 0.2) is 0 Å². The third-order valence-electron chi connectivity index (χ3n) is 6.75. The molecule has 2 aromatic carbocycles. The molecule has 1 aromatic heterocycles. The maximum atomic E-state index is 13.0. The smallest absolute Gasteiger partial charge is 0.253 e. The summed E-state index contributed by atoms with van der Waals surface area (Å²) in [5.74, 6) is 0.708. The van der Waals surface area contributed by atoms with Crippen molar-refractivity contribution in [3.63, 3.8) is 0 Å². The van der Waals surface area contributed by atoms with Gasteiger partial charge in [-0.15, -0.1) is 0 Å². The second-order valence-corrected chi connectivity index (χ2v) is 8.78. The van der Waals surface area contributed by atoms with Crippen LogP contribution in [0.4, 0.5) is 0 Å². The lowest BCUT2D eigenvalue weighted by Gasteiger charge is -2.30. The van der Waals surface area contributed by atoms with Crippen LogP contribution in [0.1, 0.15) is 46.2 Å². The summed E-state index contributed by atoms with van der Waals surface area (Å²) in [6.45, 7) is 4.42. The summed E-state index contributed by atoms with van der Waals surface area (Å²) in [6.07, 6.45) is 1.98. The van der Waals surface area contributed by atoms with E-state index in [2.05, 4.69) is 27.3 Å². The number of nitrogens with zero attached hydrogens (tertiary/aromatic N) is 2. The predicted molar refractivity (Wildman–Crippen MR) is 123 cm³/mol. The van der Waals surface area contributed by atoms with Gasteiger partial charge >= 0.3 is 0 Å². The molecular weight excluding hydrogens is 404 g/mol. The number of aryl methyl sites for hydroxylation is 1. The van der Waals surface area contributed by atoms with Crippen LogP contribution < -0.4 is 10.6 Å². The zero-order valence-electron chi connectivity index (χ0n) is 18.4. The molecule has 2 aliphatic rings. The first kappa shape index (κ1) is 21.1. The van der Waals surface area contributed by atoms with Crippen LogP contribution in [0.2, 0.25) is 0 Å². The second-order valence-electron chi connectivity index (χ2n) is 8.78. The number of amides is 1. The van der Waals surface area contributed by atoms with Crippen LogP contribution in [0.3, 0.4) is 0 Å². The van der Waals surface area contributed by atoms with Gasteiger partial charge in [-0.1, -0.05) is 30.3 Å². The lowest BCUT2D eigenvalue weighted by molar-refractivity contribution is 0.0701. The molecule has 0 unspecified atom stereocenters. The molecule has 32 heavy (non-hydrogen) atoms. The van der Waals surface area contributed by atoms with Gasteiger partial charge in [0.2, 0.25) is 0 Å². The number of aliphatic hydroxyl groups is 1. The maximum absolute atomic E-state index is 13.0. The van der Waals surface area contributed by atoms with Gasteiger partial charge in [0, 0.05) is 38.4 Å². The van der Waals surface area contributed by atoms with E-state index in [4.69, 9.17) is 9.72 Å². The van der Waals surface area contributed by atoms with E-state index >= 15 is 0 Å². The number of nitrogens with one attached hydrogen (secondary N) is 2. The Morgan fingerprint density at radius 2 is 2.00 bits per heavy atom. The molecule has 5 rings (SSSR count). The van der Waals surface area contributed by atoms with Crippen LogP contribution in [0.25, 0.3) is 11.0 Å². The van der Waals surface area contributed by atoms with E-state index in [1.54, 1.807) is 6.07 Å². The van der Waals surface area contributed by atoms with Crippen molar-refractivity contribution in [1.29, 1.82) is 0 Å². The molecular formula is C25H30N4O3. The zero-order chi connectivity index (χ0) is 22.1. The number of benzene rings is 2. The first-order chi connectivity index (χ1) is 15.6. The molecule has 0 aliphatic carbocycles. The number of aliphatic hydroxyl groups excluding tert-OH is 1. The highest BCUT2D eigenvalue weighted by Gasteiger charge is 2.26. The Morgan fingerprint density at radius 1 is 1.22 bits per heavy atom. The fourth-order valence-electron chi connectivity index (χ4n) is 5.01. The lowest BCUT2D eigenvalue weighted by atomic mass is 9.93. The number of ether oxygens (including phenoxy) is 1. The Balaban J connectivity index is 1.29. The van der Waals surface area contributed by atoms with E-state index in [0.29, 0.717) is 17.1 Å². The molecule has 0 spiro atoms. The molecule has 0 bridgehead atoms. The minimum atomic E-state index is -0.673. The van der Waals surface area contributed by atoms with Gasteiger partial charge in [0.05, 0.1) is 17.2 Å². The molecule has 1 fully saturated rings. The van der Waals surface area contributed by atoms with Gasteiger partial charge in [-0.25, -0.2) is 4.98 Å². The maximum Gasteiger partial charge on any atom is 0.253 e. The van der Waals surface area contributed by atoms with E-state index in [1.807, 2.05) is 31.2 Å². The quantitative estimate of drug-likeness (QED) is 0.574. The van der Waals surface area contributed by atoms with Gasteiger partial charge in [-0.2, -0.15) is 0 Å². The van der Waals surface area contributed by atoms with Crippen LogP contribution >= 0.6 is 0 Å². The molecule has 7 heteroatoms. The summed E-state index contributed by atoms with van der Waals surface area (Å²) < 4.78 is 7.75. The monoisotopic (exact) mass is 434 g/mol. The summed E-state index contributed by atoms with van der Waals surface area (Å²) in [5.41, 5.74) is 4.76. The number of para-hydroxylation sites is 1. The number of hydrogen-bond donors (Lipinski definition) is 3. The SMILES string of the molecule is Cc1nc2c(C(=O)NC[C@@H](O)[C@@H]3Cc4ccccc4CN3)cccc2n1C1CCOCC1. The van der Waals surface area contributed by atoms with Crippen LogP contribution in [-0.2, 0) is 17.7 Å². The topological polar surface area (TPSA) is 88.4 Å². The van der Waals surface area contributed by atoms with Crippen LogP contribution in [0, 0.1) is 6.92 Å². The second kappa shape index (κ2) is 9.02. The fourth-order valence-corrected chi connectivity index (χ4v) is 5.01. The number of carbonyl (C=O) groups is 1. The van der Waals surface area contributed by atoms with Gasteiger partial charge in [0.25, 0.3) is 5.91 Å². The average Bonchev–Trinajstić information content (AvgIpc) is 3.18. The van der Waals surface area contributed by atoms with Crippen molar-refractivity contribution in [3.05, 3.63) is 65.0 Å². The third-order valence-corrected chi connectivity index (χ3v) is 6.75. The molecule has 2 atom stereocenters. The zero-order valence-corrected chi connectivity index (χ0v) is 18.4. The van der Waals surface area contributed by atoms with Crippen LogP contribution in [-0.4, -0.2) is 52.5 Å². The normalized spacial score (nSPS) is 20.1. The van der Waals surface area contributed by atoms with Crippen molar-refractivity contribution in [1.82, 2.24) is 20.2 Å². The molecule has 0 radical (unpaired) electrons. The number of rotatable bonds is 5. The minimum absolute atomic E-state index is 0.0871. The first-order valence-electron chi connectivity index (χ1n) is 11.4. The van der Waals surface area contributed by atoms with Gasteiger partial charge in [0.1, 0.15) is 11.3 Å². The van der Waals surface area contributed by atoms with Crippen molar-refractivity contribution in [3.8, 4) is 0 Å². The van der Waals surface area contributed by atoms with Crippen LogP contribution in [0.5, 0.6) is 0 Å². The summed E-state index contributed by atoms with van der Waals surface area (Å²) in [6, 6.07) is 14.3. The lowest BCUT2D eigenvalue weighted by Crippen LogP contribution is -2.49. The Bertz CT molecular complexity index is 1120. The Labute approximate surface area is 187 Å². The van der Waals surface area contributed by atoms with Crippen LogP contribution in [0.15, 0.2) is 42.5 Å². The number of imidazole rings is 1. The van der Waals surface area contributed by atoms with E-state index in [9.17, 15) is 9.90 Å². The number of carbonyl (C=O) groups excluding carboxylic acids is 1. The number of hydrogen-bond acceptors (Lipinski definition) is 5. The van der Waals surface area contributed by atoms with Gasteiger partial charge < -0.3 is 25.0 Å². The van der Waals surface area contributed by atoms with E-state index in [-0.39, 0.29) is 18.5 Å². The summed E-state index contributed by atoms with van der Waals surface area (Å²) in [5, 5.41) is 17.0. The van der Waals surface area contributed by atoms with Crippen molar-refractivity contribution >= 4 is 16.9 Å². The third kappa shape index (κ3) is 4.03. The van der Waals surface area contributed by atoms with E-state index < -0.39 is 6.10 Å². The average molecular weight is 435 g/mol. The number of aromatic nitrogens is 2. The standard InChI is InChI=1S/C25H30N4O3/c1-16-28-24-20(7-4-8-22(24)29(16)19-9-11-32-12-10-19)25(31)27-15-23(30)21-13-17-5-2-3-6-18(17)14-26-21/h2-8,19,21,23,26,30H,9-15H2,1H3,(H,27,31)/t21-,23+/m0/s1. The highest BCUT2D eigenvalue weighted by Crippen LogP contribution is 2.29. The molecule has 1 amide bonds. The first-order valence-corrected chi connectivity index (χ1v) is 11.4. The summed E-state index contributed by atoms with van der Waals surface area (Å²) in [4.78, 5) is 17.8. The highest BCUT2D eigenvalue weighted by molar-refractivity contribution is 6.05. The molecule has 0 saturated carbocycles. The van der Waals surface area contributed by atoms with Crippen molar-refractivity contribution < 1.29 is 14.6 Å². The molecule has 3 aromatic rings. The summed E-state index contributed by atoms with van der Waals surface area (Å²) in [7, 11) is 0. The molecule has 2 aliphatic heterocycles. The molecule has 168 valence electrons. The molecule has 3 N–H and O–H groups in total. The number of fused-ring (bicyclic) bond motifs is 2. The fraction of sp³-hybridized carbons (Fsp3) is 0.440. The molecule has 7 nitrogen and oxygen atoms in total. The van der Waals surface area contributed by atoms with Gasteiger partial charge in [-0.05, 0) is 49.4 Å². The van der Waals surface area contributed by atoms with E-state index in [0.717, 1.165) is 50.4 Å².